The maximum absolute atomic E-state index is 6.31. The van der Waals surface area contributed by atoms with Crippen molar-refractivity contribution in [2.24, 2.45) is 0 Å². The Morgan fingerprint density at radius 1 is 0.500 bits per heavy atom. The summed E-state index contributed by atoms with van der Waals surface area (Å²) < 4.78 is 0. The summed E-state index contributed by atoms with van der Waals surface area (Å²) in [5.74, 6) is 0. The van der Waals surface area contributed by atoms with Gasteiger partial charge in [0.1, 0.15) is 6.63 Å². The average molecular weight is 385 g/mol. The molecule has 0 aromatic rings. The van der Waals surface area contributed by atoms with Gasteiger partial charge in [-0.3, -0.25) is 0 Å². The van der Waals surface area contributed by atoms with Crippen molar-refractivity contribution in [3.05, 3.63) is 0 Å². The van der Waals surface area contributed by atoms with E-state index in [9.17, 15) is 0 Å². The molecule has 0 aromatic heterocycles. The summed E-state index contributed by atoms with van der Waals surface area (Å²) in [6.45, 7) is 5.11. The molecule has 0 unspecified atom stereocenters. The summed E-state index contributed by atoms with van der Waals surface area (Å²) in [5, 5.41) is 0. The molecule has 0 amide bonds. The lowest BCUT2D eigenvalue weighted by atomic mass is 11.9. The van der Waals surface area contributed by atoms with Gasteiger partial charge in [0.05, 0.1) is 0 Å². The predicted octanol–water partition coefficient (Wildman–Crippen LogP) is 4.95. The zero-order chi connectivity index (χ0) is 12.0. The minimum atomic E-state index is -2.50. The van der Waals surface area contributed by atoms with Gasteiger partial charge < -0.3 is 0 Å². The second-order valence-electron chi connectivity index (χ2n) is 3.79. The molecule has 0 saturated heterocycles. The summed E-state index contributed by atoms with van der Waals surface area (Å²) >= 11 is 37.8. The molecule has 0 bridgehead atoms. The Morgan fingerprint density at radius 2 is 0.643 bits per heavy atom. The van der Waals surface area contributed by atoms with Crippen LogP contribution in [0.25, 0.3) is 0 Å². The number of halogens is 6. The summed E-state index contributed by atoms with van der Waals surface area (Å²) in [4.78, 5) is 0. The van der Waals surface area contributed by atoms with Gasteiger partial charge in [-0.2, -0.15) is 66.5 Å². The van der Waals surface area contributed by atoms with Gasteiger partial charge in [-0.05, 0) is 19.6 Å². The SMILES string of the molecule is C[Si](Cl)(Cl)[Si](C)([Si](C)(Cl)Cl)[Si](C)(Cl)Cl. The third-order valence-electron chi connectivity index (χ3n) is 2.63. The second kappa shape index (κ2) is 4.70. The van der Waals surface area contributed by atoms with Gasteiger partial charge in [0.2, 0.25) is 18.6 Å². The van der Waals surface area contributed by atoms with E-state index in [-0.39, 0.29) is 0 Å². The maximum atomic E-state index is 6.31. The molecule has 0 aromatic carbocycles. The van der Waals surface area contributed by atoms with Gasteiger partial charge >= 0.3 is 0 Å². The van der Waals surface area contributed by atoms with E-state index in [4.69, 9.17) is 66.5 Å². The Bertz CT molecular complexity index is 175. The first-order chi connectivity index (χ1) is 5.75. The van der Waals surface area contributed by atoms with Crippen molar-refractivity contribution in [3.63, 3.8) is 0 Å². The van der Waals surface area contributed by atoms with Crippen LogP contribution < -0.4 is 0 Å². The minimum absolute atomic E-state index is 1.83. The average Bonchev–Trinajstić information content (AvgIpc) is 1.77. The Morgan fingerprint density at radius 3 is 0.643 bits per heavy atom. The molecule has 0 aliphatic heterocycles. The van der Waals surface area contributed by atoms with Gasteiger partial charge in [-0.1, -0.05) is 6.55 Å². The lowest BCUT2D eigenvalue weighted by Crippen LogP contribution is -2.76. The Kier molecular flexibility index (Phi) is 5.58. The van der Waals surface area contributed by atoms with Gasteiger partial charge in [-0.15, -0.1) is 0 Å². The normalized spacial score (nSPS) is 15.9. The van der Waals surface area contributed by atoms with Crippen LogP contribution in [0.3, 0.4) is 0 Å². The van der Waals surface area contributed by atoms with Crippen molar-refractivity contribution in [1.29, 1.82) is 0 Å². The zero-order valence-electron chi connectivity index (χ0n) is 8.27. The molecular weight excluding hydrogens is 373 g/mol. The summed E-state index contributed by atoms with van der Waals surface area (Å²) in [6, 6.07) is 0. The van der Waals surface area contributed by atoms with Crippen molar-refractivity contribution < 1.29 is 0 Å². The quantitative estimate of drug-likeness (QED) is 0.477. The molecule has 0 atom stereocenters. The molecule has 0 nitrogen and oxygen atoms in total. The van der Waals surface area contributed by atoms with Crippen LogP contribution >= 0.6 is 66.5 Å². The van der Waals surface area contributed by atoms with E-state index >= 15 is 0 Å². The molecule has 0 heterocycles. The van der Waals surface area contributed by atoms with E-state index in [1.807, 2.05) is 26.2 Å². The van der Waals surface area contributed by atoms with E-state index in [1.165, 1.54) is 0 Å². The molecule has 0 N–H and O–H groups in total. The molecule has 86 valence electrons. The van der Waals surface area contributed by atoms with Crippen molar-refractivity contribution in [1.82, 2.24) is 0 Å². The molecule has 0 aliphatic carbocycles. The lowest BCUT2D eigenvalue weighted by molar-refractivity contribution is 2.09. The molecule has 0 spiro atoms. The first-order valence-corrected chi connectivity index (χ1v) is 23.0. The predicted molar refractivity (Wildman–Crippen MR) is 81.6 cm³/mol. The number of hydrogen-bond acceptors (Lipinski definition) is 0. The fraction of sp³-hybridized carbons (Fsp3) is 1.00. The first-order valence-electron chi connectivity index (χ1n) is 3.88. The molecule has 0 rings (SSSR count). The zero-order valence-corrected chi connectivity index (χ0v) is 16.8. The first kappa shape index (κ1) is 16.6. The van der Waals surface area contributed by atoms with Gasteiger partial charge in [0.15, 0.2) is 0 Å². The van der Waals surface area contributed by atoms with Crippen molar-refractivity contribution in [2.75, 3.05) is 0 Å². The maximum Gasteiger partial charge on any atom is 0.236 e. The van der Waals surface area contributed by atoms with Gasteiger partial charge in [0.25, 0.3) is 0 Å². The van der Waals surface area contributed by atoms with Crippen LogP contribution in [0, 0.1) is 0 Å². The van der Waals surface area contributed by atoms with Crippen LogP contribution in [0.15, 0.2) is 0 Å². The Hall–Kier alpha value is 2.61. The summed E-state index contributed by atoms with van der Waals surface area (Å²) in [7, 11) is 0. The van der Waals surface area contributed by atoms with Crippen LogP contribution in [-0.2, 0) is 0 Å². The highest BCUT2D eigenvalue weighted by Crippen LogP contribution is 2.46. The molecule has 0 saturated carbocycles. The van der Waals surface area contributed by atoms with Crippen LogP contribution in [0.2, 0.25) is 26.2 Å². The van der Waals surface area contributed by atoms with Crippen molar-refractivity contribution in [3.8, 4) is 0 Å². The van der Waals surface area contributed by atoms with Crippen LogP contribution in [0.1, 0.15) is 0 Å². The fourth-order valence-electron chi connectivity index (χ4n) is 1.16. The number of hydrogen-bond donors (Lipinski definition) is 0. The third kappa shape index (κ3) is 3.09. The van der Waals surface area contributed by atoms with E-state index in [2.05, 4.69) is 0 Å². The monoisotopic (exact) mass is 382 g/mol. The minimum Gasteiger partial charge on any atom is -0.150 e. The topological polar surface area (TPSA) is 0 Å². The standard InChI is InChI=1S/C4H12Cl6Si4/c1-11(5,6)14(4,12(2,7)8)13(3,9)10/h1-4H3. The molecule has 10 heteroatoms. The Labute approximate surface area is 117 Å². The van der Waals surface area contributed by atoms with E-state index in [0.29, 0.717) is 0 Å². The molecule has 14 heavy (non-hydrogen) atoms. The van der Waals surface area contributed by atoms with Crippen molar-refractivity contribution >= 4 is 91.7 Å². The van der Waals surface area contributed by atoms with E-state index in [0.717, 1.165) is 0 Å². The summed E-state index contributed by atoms with van der Waals surface area (Å²) in [5.41, 5.74) is 0. The molecule has 0 aliphatic rings. The second-order valence-corrected chi connectivity index (χ2v) is 54.9. The fourth-order valence-corrected chi connectivity index (χ4v) is 108. The number of rotatable bonds is 3. The lowest BCUT2D eigenvalue weighted by Gasteiger charge is -2.44. The molecule has 0 radical (unpaired) electrons. The van der Waals surface area contributed by atoms with Crippen LogP contribution in [0.4, 0.5) is 0 Å². The smallest absolute Gasteiger partial charge is 0.150 e. The van der Waals surface area contributed by atoms with Crippen molar-refractivity contribution in [2.45, 2.75) is 26.2 Å². The summed E-state index contributed by atoms with van der Waals surface area (Å²) in [6.07, 6.45) is -7.51. The van der Waals surface area contributed by atoms with Crippen LogP contribution in [-0.4, -0.2) is 25.3 Å². The largest absolute Gasteiger partial charge is 0.236 e. The molecular formula is C4H12Cl6Si4. The highest BCUT2D eigenvalue weighted by molar-refractivity contribution is 8.16. The Balaban J connectivity index is 5.54. The van der Waals surface area contributed by atoms with Gasteiger partial charge in [-0.25, -0.2) is 0 Å². The third-order valence-corrected chi connectivity index (χ3v) is 88.2. The molecule has 0 fully saturated rings. The highest BCUT2D eigenvalue weighted by atomic mass is 35.7. The van der Waals surface area contributed by atoms with E-state index in [1.54, 1.807) is 0 Å². The van der Waals surface area contributed by atoms with Gasteiger partial charge in [0, 0.05) is 0 Å². The highest BCUT2D eigenvalue weighted by Gasteiger charge is 2.69. The van der Waals surface area contributed by atoms with E-state index < -0.39 is 25.3 Å². The van der Waals surface area contributed by atoms with Crippen LogP contribution in [0.5, 0.6) is 0 Å².